The van der Waals surface area contributed by atoms with E-state index in [0.717, 1.165) is 37.4 Å². The predicted molar refractivity (Wildman–Crippen MR) is 108 cm³/mol. The number of amides is 3. The number of benzene rings is 1. The second-order valence-electron chi connectivity index (χ2n) is 6.93. The van der Waals surface area contributed by atoms with Gasteiger partial charge in [0.15, 0.2) is 0 Å². The molecule has 1 aromatic rings. The molecule has 3 rings (SSSR count). The molecule has 26 heavy (non-hydrogen) atoms. The van der Waals surface area contributed by atoms with Crippen LogP contribution in [0.5, 0.6) is 0 Å². The maximum atomic E-state index is 12.8. The van der Waals surface area contributed by atoms with Crippen molar-refractivity contribution in [2.24, 2.45) is 0 Å². The smallest absolute Gasteiger partial charge is 0.321 e. The highest BCUT2D eigenvalue weighted by Crippen LogP contribution is 2.27. The van der Waals surface area contributed by atoms with Crippen LogP contribution in [0.3, 0.4) is 0 Å². The summed E-state index contributed by atoms with van der Waals surface area (Å²) in [5.41, 5.74) is 1.11. The van der Waals surface area contributed by atoms with Crippen molar-refractivity contribution >= 4 is 41.0 Å². The van der Waals surface area contributed by atoms with Gasteiger partial charge in [0.05, 0.1) is 10.6 Å². The van der Waals surface area contributed by atoms with Crippen LogP contribution in [0.15, 0.2) is 18.2 Å². The summed E-state index contributed by atoms with van der Waals surface area (Å²) in [7, 11) is 1.86. The van der Waals surface area contributed by atoms with Crippen LogP contribution < -0.4 is 5.32 Å². The number of hydrogen-bond donors (Lipinski definition) is 1. The average molecular weight is 396 g/mol. The molecular formula is C19H26ClN3O2S. The third-order valence-corrected chi connectivity index (χ3v) is 6.45. The Hall–Kier alpha value is -1.40. The van der Waals surface area contributed by atoms with Crippen molar-refractivity contribution in [1.82, 2.24) is 9.80 Å². The molecule has 7 heteroatoms. The molecular weight excluding hydrogens is 370 g/mol. The van der Waals surface area contributed by atoms with Gasteiger partial charge >= 0.3 is 6.03 Å². The van der Waals surface area contributed by atoms with Crippen molar-refractivity contribution < 1.29 is 9.59 Å². The zero-order valence-corrected chi connectivity index (χ0v) is 16.7. The quantitative estimate of drug-likeness (QED) is 0.828. The summed E-state index contributed by atoms with van der Waals surface area (Å²) in [6.45, 7) is 1.51. The van der Waals surface area contributed by atoms with E-state index in [9.17, 15) is 9.59 Å². The Morgan fingerprint density at radius 2 is 1.88 bits per heavy atom. The predicted octanol–water partition coefficient (Wildman–Crippen LogP) is 4.33. The third kappa shape index (κ3) is 4.65. The zero-order valence-electron chi connectivity index (χ0n) is 15.2. The lowest BCUT2D eigenvalue weighted by molar-refractivity contribution is 0.0696. The summed E-state index contributed by atoms with van der Waals surface area (Å²) in [5, 5.41) is 3.26. The third-order valence-electron chi connectivity index (χ3n) is 5.19. The first kappa shape index (κ1) is 19.4. The molecule has 0 spiro atoms. The average Bonchev–Trinajstić information content (AvgIpc) is 2.68. The van der Waals surface area contributed by atoms with Crippen LogP contribution in [0.25, 0.3) is 0 Å². The minimum atomic E-state index is -0.111. The monoisotopic (exact) mass is 395 g/mol. The molecule has 0 radical (unpaired) electrons. The maximum Gasteiger partial charge on any atom is 0.321 e. The molecule has 1 heterocycles. The summed E-state index contributed by atoms with van der Waals surface area (Å²) in [5.74, 6) is 1.89. The summed E-state index contributed by atoms with van der Waals surface area (Å²) < 4.78 is 0. The SMILES string of the molecule is CN(C(=O)c1ccc(NC(=O)N2CCSCC2)cc1Cl)C1CCCCC1. The van der Waals surface area contributed by atoms with Crippen LogP contribution in [0.2, 0.25) is 5.02 Å². The van der Waals surface area contributed by atoms with Crippen LogP contribution in [0.4, 0.5) is 10.5 Å². The lowest BCUT2D eigenvalue weighted by Crippen LogP contribution is -2.40. The van der Waals surface area contributed by atoms with Crippen molar-refractivity contribution in [2.45, 2.75) is 38.1 Å². The van der Waals surface area contributed by atoms with Crippen LogP contribution in [0, 0.1) is 0 Å². The van der Waals surface area contributed by atoms with Gasteiger partial charge in [-0.3, -0.25) is 4.79 Å². The van der Waals surface area contributed by atoms with Crippen LogP contribution in [0.1, 0.15) is 42.5 Å². The van der Waals surface area contributed by atoms with E-state index in [2.05, 4.69) is 5.32 Å². The van der Waals surface area contributed by atoms with Crippen LogP contribution in [-0.2, 0) is 0 Å². The highest BCUT2D eigenvalue weighted by molar-refractivity contribution is 7.99. The maximum absolute atomic E-state index is 12.8. The number of rotatable bonds is 3. The van der Waals surface area contributed by atoms with Gasteiger partial charge in [0.1, 0.15) is 0 Å². The highest BCUT2D eigenvalue weighted by atomic mass is 35.5. The van der Waals surface area contributed by atoms with Crippen LogP contribution >= 0.6 is 23.4 Å². The Morgan fingerprint density at radius 3 is 2.54 bits per heavy atom. The van der Waals surface area contributed by atoms with Gasteiger partial charge in [-0.15, -0.1) is 0 Å². The number of hydrogen-bond acceptors (Lipinski definition) is 3. The largest absolute Gasteiger partial charge is 0.339 e. The number of nitrogens with zero attached hydrogens (tertiary/aromatic N) is 2. The number of carbonyl (C=O) groups is 2. The highest BCUT2D eigenvalue weighted by Gasteiger charge is 2.24. The van der Waals surface area contributed by atoms with Crippen LogP contribution in [-0.4, -0.2) is 59.4 Å². The zero-order chi connectivity index (χ0) is 18.5. The van der Waals surface area contributed by atoms with Gasteiger partial charge in [-0.2, -0.15) is 11.8 Å². The number of thioether (sulfide) groups is 1. The van der Waals surface area contributed by atoms with Crippen molar-refractivity contribution in [2.75, 3.05) is 37.0 Å². The van der Waals surface area contributed by atoms with Gasteiger partial charge in [0, 0.05) is 43.4 Å². The molecule has 1 aromatic carbocycles. The minimum Gasteiger partial charge on any atom is -0.339 e. The molecule has 142 valence electrons. The normalized spacial score (nSPS) is 18.5. The van der Waals surface area contributed by atoms with Crippen molar-refractivity contribution in [3.05, 3.63) is 28.8 Å². The van der Waals surface area contributed by atoms with E-state index in [1.54, 1.807) is 23.1 Å². The molecule has 1 saturated carbocycles. The Bertz CT molecular complexity index is 658. The van der Waals surface area contributed by atoms with E-state index in [4.69, 9.17) is 11.6 Å². The summed E-state index contributed by atoms with van der Waals surface area (Å²) in [4.78, 5) is 28.7. The second kappa shape index (κ2) is 9.00. The standard InChI is InChI=1S/C19H26ClN3O2S/c1-22(15-5-3-2-4-6-15)18(24)16-8-7-14(13-17(16)20)21-19(25)23-9-11-26-12-10-23/h7-8,13,15H,2-6,9-12H2,1H3,(H,21,25). The van der Waals surface area contributed by atoms with Crippen molar-refractivity contribution in [3.8, 4) is 0 Å². The molecule has 0 unspecified atom stereocenters. The summed E-state index contributed by atoms with van der Waals surface area (Å²) in [6, 6.07) is 5.32. The number of halogens is 1. The van der Waals surface area contributed by atoms with E-state index >= 15 is 0 Å². The van der Waals surface area contributed by atoms with Gasteiger partial charge in [0.25, 0.3) is 5.91 Å². The number of anilines is 1. The van der Waals surface area contributed by atoms with Gasteiger partial charge in [-0.1, -0.05) is 30.9 Å². The molecule has 1 N–H and O–H groups in total. The van der Waals surface area contributed by atoms with E-state index in [-0.39, 0.29) is 11.9 Å². The molecule has 2 aliphatic rings. The molecule has 1 aliphatic carbocycles. The molecule has 1 aliphatic heterocycles. The van der Waals surface area contributed by atoms with Crippen molar-refractivity contribution in [3.63, 3.8) is 0 Å². The Morgan fingerprint density at radius 1 is 1.19 bits per heavy atom. The first-order valence-electron chi connectivity index (χ1n) is 9.26. The van der Waals surface area contributed by atoms with Gasteiger partial charge in [-0.05, 0) is 31.0 Å². The Balaban J connectivity index is 1.64. The molecule has 1 saturated heterocycles. The molecule has 0 aromatic heterocycles. The fraction of sp³-hybridized carbons (Fsp3) is 0.579. The summed E-state index contributed by atoms with van der Waals surface area (Å²) >= 11 is 8.22. The second-order valence-corrected chi connectivity index (χ2v) is 8.56. The lowest BCUT2D eigenvalue weighted by atomic mass is 9.94. The van der Waals surface area contributed by atoms with Gasteiger partial charge in [-0.25, -0.2) is 4.79 Å². The first-order chi connectivity index (χ1) is 12.6. The summed E-state index contributed by atoms with van der Waals surface area (Å²) in [6.07, 6.45) is 5.72. The minimum absolute atomic E-state index is 0.0483. The molecule has 0 bridgehead atoms. The van der Waals surface area contributed by atoms with Crippen molar-refractivity contribution in [1.29, 1.82) is 0 Å². The molecule has 3 amide bonds. The van der Waals surface area contributed by atoms with E-state index in [1.165, 1.54) is 19.3 Å². The molecule has 5 nitrogen and oxygen atoms in total. The molecule has 0 atom stereocenters. The fourth-order valence-electron chi connectivity index (χ4n) is 3.56. The number of carbonyl (C=O) groups excluding carboxylic acids is 2. The lowest BCUT2D eigenvalue weighted by Gasteiger charge is -2.31. The topological polar surface area (TPSA) is 52.7 Å². The van der Waals surface area contributed by atoms with Gasteiger partial charge in [0.2, 0.25) is 0 Å². The number of nitrogens with one attached hydrogen (secondary N) is 1. The van der Waals surface area contributed by atoms with Gasteiger partial charge < -0.3 is 15.1 Å². The Kier molecular flexibility index (Phi) is 6.70. The first-order valence-corrected chi connectivity index (χ1v) is 10.8. The fourth-order valence-corrected chi connectivity index (χ4v) is 4.72. The van der Waals surface area contributed by atoms with E-state index < -0.39 is 0 Å². The Labute approximate surface area is 164 Å². The van der Waals surface area contributed by atoms with E-state index in [1.807, 2.05) is 23.7 Å². The van der Waals surface area contributed by atoms with E-state index in [0.29, 0.717) is 22.3 Å². The molecule has 2 fully saturated rings. The number of urea groups is 1.